The lowest BCUT2D eigenvalue weighted by atomic mass is 9.92. The van der Waals surface area contributed by atoms with Gasteiger partial charge in [0.1, 0.15) is 0 Å². The predicted octanol–water partition coefficient (Wildman–Crippen LogP) is 3.04. The van der Waals surface area contributed by atoms with Gasteiger partial charge in [-0.05, 0) is 78.9 Å². The highest BCUT2D eigenvalue weighted by atomic mass is 32.1. The number of hydrogen-bond donors (Lipinski definition) is 1. The maximum Gasteiger partial charge on any atom is 0.223 e. The minimum atomic E-state index is 0.369. The summed E-state index contributed by atoms with van der Waals surface area (Å²) in [5.74, 6) is 0.882. The Morgan fingerprint density at radius 2 is 2.12 bits per heavy atom. The van der Waals surface area contributed by atoms with Crippen LogP contribution in [-0.2, 0) is 16.1 Å². The lowest BCUT2D eigenvalue weighted by Gasteiger charge is -2.31. The zero-order chi connectivity index (χ0) is 16.4. The Morgan fingerprint density at radius 3 is 2.83 bits per heavy atom. The Labute approximate surface area is 148 Å². The first-order chi connectivity index (χ1) is 11.8. The van der Waals surface area contributed by atoms with Gasteiger partial charge in [-0.1, -0.05) is 0 Å². The second-order valence-corrected chi connectivity index (χ2v) is 8.53. The van der Waals surface area contributed by atoms with Crippen molar-refractivity contribution in [2.24, 2.45) is 11.3 Å². The van der Waals surface area contributed by atoms with Gasteiger partial charge in [-0.15, -0.1) is 0 Å². The van der Waals surface area contributed by atoms with Crippen LogP contribution in [0.3, 0.4) is 0 Å². The number of carbonyl (C=O) groups is 1. The Kier molecular flexibility index (Phi) is 4.93. The zero-order valence-corrected chi connectivity index (χ0v) is 15.2. The third-order valence-electron chi connectivity index (χ3n) is 6.18. The van der Waals surface area contributed by atoms with Gasteiger partial charge in [0.25, 0.3) is 0 Å². The molecule has 2 aliphatic heterocycles. The van der Waals surface area contributed by atoms with E-state index in [-0.39, 0.29) is 0 Å². The van der Waals surface area contributed by atoms with Gasteiger partial charge in [0.15, 0.2) is 0 Å². The molecule has 1 aromatic heterocycles. The van der Waals surface area contributed by atoms with Crippen molar-refractivity contribution in [3.63, 3.8) is 0 Å². The van der Waals surface area contributed by atoms with E-state index in [4.69, 9.17) is 4.74 Å². The van der Waals surface area contributed by atoms with Crippen LogP contribution in [0.4, 0.5) is 0 Å². The van der Waals surface area contributed by atoms with Crippen molar-refractivity contribution < 1.29 is 9.53 Å². The van der Waals surface area contributed by atoms with Gasteiger partial charge in [0.2, 0.25) is 5.91 Å². The summed E-state index contributed by atoms with van der Waals surface area (Å²) in [5.41, 5.74) is 1.70. The first-order valence-electron chi connectivity index (χ1n) is 9.36. The van der Waals surface area contributed by atoms with E-state index in [0.717, 1.165) is 45.7 Å². The first-order valence-corrected chi connectivity index (χ1v) is 10.3. The predicted molar refractivity (Wildman–Crippen MR) is 96.0 cm³/mol. The van der Waals surface area contributed by atoms with E-state index in [1.54, 1.807) is 11.3 Å². The largest absolute Gasteiger partial charge is 0.381 e. The molecular weight excluding hydrogens is 320 g/mol. The summed E-state index contributed by atoms with van der Waals surface area (Å²) in [6.07, 6.45) is 6.44. The normalized spacial score (nSPS) is 26.4. The highest BCUT2D eigenvalue weighted by molar-refractivity contribution is 7.07. The molecule has 3 fully saturated rings. The van der Waals surface area contributed by atoms with Gasteiger partial charge in [0.05, 0.1) is 0 Å². The van der Waals surface area contributed by atoms with Crippen molar-refractivity contribution >= 4 is 17.2 Å². The fourth-order valence-electron chi connectivity index (χ4n) is 4.50. The molecule has 1 N–H and O–H groups in total. The standard InChI is InChI=1S/C19H28N2O2S/c22-18(11-15-1-8-23-9-2-15)21(13-16-3-10-24-14-16)17-12-19(17)4-6-20-7-5-19/h3,10,14-15,17,20H,1-2,4-9,11-13H2. The van der Waals surface area contributed by atoms with Crippen LogP contribution < -0.4 is 5.32 Å². The summed E-state index contributed by atoms with van der Waals surface area (Å²) in [7, 11) is 0. The molecule has 1 saturated carbocycles. The minimum absolute atomic E-state index is 0.369. The van der Waals surface area contributed by atoms with Crippen molar-refractivity contribution in [1.82, 2.24) is 10.2 Å². The molecule has 0 bridgehead atoms. The van der Waals surface area contributed by atoms with Gasteiger partial charge in [-0.3, -0.25) is 4.79 Å². The maximum atomic E-state index is 13.1. The Morgan fingerprint density at radius 1 is 1.33 bits per heavy atom. The zero-order valence-electron chi connectivity index (χ0n) is 14.3. The summed E-state index contributed by atoms with van der Waals surface area (Å²) < 4.78 is 5.45. The van der Waals surface area contributed by atoms with Crippen molar-refractivity contribution in [1.29, 1.82) is 0 Å². The van der Waals surface area contributed by atoms with Crippen LogP contribution >= 0.6 is 11.3 Å². The molecule has 4 rings (SSSR count). The lowest BCUT2D eigenvalue weighted by molar-refractivity contribution is -0.134. The van der Waals surface area contributed by atoms with Gasteiger partial charge in [-0.25, -0.2) is 0 Å². The van der Waals surface area contributed by atoms with E-state index < -0.39 is 0 Å². The lowest BCUT2D eigenvalue weighted by Crippen LogP contribution is -2.40. The number of amides is 1. The smallest absolute Gasteiger partial charge is 0.223 e. The van der Waals surface area contributed by atoms with Crippen LogP contribution in [0, 0.1) is 11.3 Å². The topological polar surface area (TPSA) is 41.6 Å². The Balaban J connectivity index is 1.44. The summed E-state index contributed by atoms with van der Waals surface area (Å²) >= 11 is 1.72. The molecule has 3 heterocycles. The fraction of sp³-hybridized carbons (Fsp3) is 0.737. The van der Waals surface area contributed by atoms with E-state index >= 15 is 0 Å². The quantitative estimate of drug-likeness (QED) is 0.889. The molecule has 132 valence electrons. The van der Waals surface area contributed by atoms with Crippen molar-refractivity contribution in [3.05, 3.63) is 22.4 Å². The van der Waals surface area contributed by atoms with Crippen LogP contribution in [0.1, 0.15) is 44.1 Å². The molecule has 1 aromatic rings. The van der Waals surface area contributed by atoms with Gasteiger partial charge >= 0.3 is 0 Å². The van der Waals surface area contributed by atoms with E-state index in [9.17, 15) is 4.79 Å². The fourth-order valence-corrected chi connectivity index (χ4v) is 5.15. The molecule has 0 aromatic carbocycles. The number of nitrogens with one attached hydrogen (secondary N) is 1. The molecule has 1 unspecified atom stereocenters. The molecule has 4 nitrogen and oxygen atoms in total. The second kappa shape index (κ2) is 7.14. The van der Waals surface area contributed by atoms with Crippen molar-refractivity contribution in [2.45, 2.75) is 51.1 Å². The number of carbonyl (C=O) groups excluding carboxylic acids is 1. The van der Waals surface area contributed by atoms with Crippen LogP contribution in [-0.4, -0.2) is 43.2 Å². The van der Waals surface area contributed by atoms with Crippen LogP contribution in [0.5, 0.6) is 0 Å². The highest BCUT2D eigenvalue weighted by Crippen LogP contribution is 2.56. The number of hydrogen-bond acceptors (Lipinski definition) is 4. The number of nitrogens with zero attached hydrogens (tertiary/aromatic N) is 1. The minimum Gasteiger partial charge on any atom is -0.381 e. The summed E-state index contributed by atoms with van der Waals surface area (Å²) in [5, 5.41) is 7.77. The molecule has 5 heteroatoms. The van der Waals surface area contributed by atoms with Crippen molar-refractivity contribution in [3.8, 4) is 0 Å². The molecule has 1 atom stereocenters. The highest BCUT2D eigenvalue weighted by Gasteiger charge is 2.57. The molecule has 2 saturated heterocycles. The van der Waals surface area contributed by atoms with Crippen molar-refractivity contribution in [2.75, 3.05) is 26.3 Å². The molecule has 24 heavy (non-hydrogen) atoms. The van der Waals surface area contributed by atoms with E-state index in [2.05, 4.69) is 27.0 Å². The summed E-state index contributed by atoms with van der Waals surface area (Å²) in [4.78, 5) is 15.3. The number of piperidine rings is 1. The molecule has 1 spiro atoms. The van der Waals surface area contributed by atoms with Gasteiger partial charge in [-0.2, -0.15) is 11.3 Å². The number of rotatable bonds is 5. The first kappa shape index (κ1) is 16.6. The second-order valence-electron chi connectivity index (χ2n) is 7.75. The average molecular weight is 349 g/mol. The molecular formula is C19H28N2O2S. The Hall–Kier alpha value is -0.910. The third-order valence-corrected chi connectivity index (χ3v) is 6.91. The SMILES string of the molecule is O=C(CC1CCOCC1)N(Cc1ccsc1)C1CC12CCNCC2. The average Bonchev–Trinajstić information content (AvgIpc) is 3.05. The summed E-state index contributed by atoms with van der Waals surface area (Å²) in [6, 6.07) is 2.63. The van der Waals surface area contributed by atoms with Gasteiger partial charge < -0.3 is 15.0 Å². The molecule has 1 amide bonds. The summed E-state index contributed by atoms with van der Waals surface area (Å²) in [6.45, 7) is 4.66. The van der Waals surface area contributed by atoms with E-state index in [1.807, 2.05) is 0 Å². The third kappa shape index (κ3) is 3.53. The number of ether oxygens (including phenoxy) is 1. The van der Waals surface area contributed by atoms with Crippen LogP contribution in [0.25, 0.3) is 0 Å². The van der Waals surface area contributed by atoms with E-state index in [0.29, 0.717) is 29.7 Å². The van der Waals surface area contributed by atoms with E-state index in [1.165, 1.54) is 24.8 Å². The van der Waals surface area contributed by atoms with Crippen LogP contribution in [0.15, 0.2) is 16.8 Å². The monoisotopic (exact) mass is 348 g/mol. The Bertz CT molecular complexity index is 548. The maximum absolute atomic E-state index is 13.1. The molecule has 3 aliphatic rings. The van der Waals surface area contributed by atoms with Gasteiger partial charge in [0, 0.05) is 32.2 Å². The van der Waals surface area contributed by atoms with Crippen LogP contribution in [0.2, 0.25) is 0 Å². The molecule has 0 radical (unpaired) electrons. The molecule has 1 aliphatic carbocycles. The number of thiophene rings is 1.